The van der Waals surface area contributed by atoms with E-state index in [1.807, 2.05) is 24.3 Å². The molecule has 1 aliphatic rings. The second-order valence-electron chi connectivity index (χ2n) is 4.41. The summed E-state index contributed by atoms with van der Waals surface area (Å²) in [6, 6.07) is 11.9. The summed E-state index contributed by atoms with van der Waals surface area (Å²) in [7, 11) is 0. The highest BCUT2D eigenvalue weighted by molar-refractivity contribution is 6.30. The van der Waals surface area contributed by atoms with Gasteiger partial charge in [0.2, 0.25) is 0 Å². The van der Waals surface area contributed by atoms with Gasteiger partial charge in [-0.15, -0.1) is 0 Å². The highest BCUT2D eigenvalue weighted by Gasteiger charge is 2.20. The zero-order chi connectivity index (χ0) is 12.7. The van der Waals surface area contributed by atoms with Gasteiger partial charge in [-0.25, -0.2) is 0 Å². The summed E-state index contributed by atoms with van der Waals surface area (Å²) in [5, 5.41) is 0.702. The van der Waals surface area contributed by atoms with Crippen LogP contribution in [0, 0.1) is 0 Å². The molecule has 2 heteroatoms. The Morgan fingerprint density at radius 2 is 1.72 bits per heavy atom. The Bertz CT molecular complexity index is 644. The molecule has 0 bridgehead atoms. The second-order valence-corrected chi connectivity index (χ2v) is 4.84. The number of benzene rings is 2. The number of hydrogen-bond donors (Lipinski definition) is 0. The van der Waals surface area contributed by atoms with E-state index in [9.17, 15) is 0 Å². The normalized spacial score (nSPS) is 12.7. The second kappa shape index (κ2) is 4.18. The fourth-order valence-corrected chi connectivity index (χ4v) is 2.38. The van der Waals surface area contributed by atoms with Crippen molar-refractivity contribution in [2.75, 3.05) is 0 Å². The Morgan fingerprint density at radius 1 is 1.06 bits per heavy atom. The fourth-order valence-electron chi connectivity index (χ4n) is 2.21. The first kappa shape index (κ1) is 11.4. The van der Waals surface area contributed by atoms with Gasteiger partial charge in [-0.1, -0.05) is 31.2 Å². The maximum Gasteiger partial charge on any atom is 0.135 e. The van der Waals surface area contributed by atoms with E-state index in [2.05, 4.69) is 25.6 Å². The number of ether oxygens (including phenoxy) is 1. The van der Waals surface area contributed by atoms with Crippen molar-refractivity contribution in [1.82, 2.24) is 0 Å². The summed E-state index contributed by atoms with van der Waals surface area (Å²) in [6.07, 6.45) is 1.00. The minimum Gasteiger partial charge on any atom is -0.456 e. The lowest BCUT2D eigenvalue weighted by atomic mass is 9.94. The largest absolute Gasteiger partial charge is 0.456 e. The van der Waals surface area contributed by atoms with Crippen LogP contribution in [0.15, 0.2) is 43.0 Å². The van der Waals surface area contributed by atoms with Crippen molar-refractivity contribution in [1.29, 1.82) is 0 Å². The third-order valence-corrected chi connectivity index (χ3v) is 3.50. The van der Waals surface area contributed by atoms with Gasteiger partial charge in [-0.2, -0.15) is 0 Å². The number of fused-ring (bicyclic) bond motifs is 2. The Labute approximate surface area is 112 Å². The quantitative estimate of drug-likeness (QED) is 0.591. The molecular formula is C16H13ClO. The summed E-state index contributed by atoms with van der Waals surface area (Å²) in [5.41, 5.74) is 4.29. The van der Waals surface area contributed by atoms with Gasteiger partial charge in [0.1, 0.15) is 11.5 Å². The summed E-state index contributed by atoms with van der Waals surface area (Å²) >= 11 is 6.03. The first-order valence-corrected chi connectivity index (χ1v) is 6.37. The first-order valence-electron chi connectivity index (χ1n) is 5.99. The summed E-state index contributed by atoms with van der Waals surface area (Å²) in [4.78, 5) is 0. The molecule has 0 saturated carbocycles. The SMILES string of the molecule is C=C1c2cc(Cl)ccc2Oc2ccc(CC)cc21. The van der Waals surface area contributed by atoms with Crippen molar-refractivity contribution in [2.45, 2.75) is 13.3 Å². The zero-order valence-electron chi connectivity index (χ0n) is 10.2. The lowest BCUT2D eigenvalue weighted by Crippen LogP contribution is -2.02. The molecule has 0 fully saturated rings. The minimum atomic E-state index is 0.702. The fraction of sp³-hybridized carbons (Fsp3) is 0.125. The van der Waals surface area contributed by atoms with Crippen LogP contribution in [-0.4, -0.2) is 0 Å². The van der Waals surface area contributed by atoms with E-state index < -0.39 is 0 Å². The number of aryl methyl sites for hydroxylation is 1. The topological polar surface area (TPSA) is 9.23 Å². The van der Waals surface area contributed by atoms with Crippen LogP contribution in [0.3, 0.4) is 0 Å². The van der Waals surface area contributed by atoms with Gasteiger partial charge in [0.05, 0.1) is 0 Å². The van der Waals surface area contributed by atoms with Crippen molar-refractivity contribution >= 4 is 17.2 Å². The van der Waals surface area contributed by atoms with E-state index in [4.69, 9.17) is 16.3 Å². The average molecular weight is 257 g/mol. The Morgan fingerprint density at radius 3 is 2.44 bits per heavy atom. The number of halogens is 1. The molecule has 0 aliphatic carbocycles. The molecule has 2 aromatic carbocycles. The third-order valence-electron chi connectivity index (χ3n) is 3.26. The van der Waals surface area contributed by atoms with Crippen LogP contribution in [0.25, 0.3) is 5.57 Å². The van der Waals surface area contributed by atoms with Crippen LogP contribution in [0.2, 0.25) is 5.02 Å². The molecule has 90 valence electrons. The number of hydrogen-bond acceptors (Lipinski definition) is 1. The predicted octanol–water partition coefficient (Wildman–Crippen LogP) is 5.07. The van der Waals surface area contributed by atoms with Crippen LogP contribution in [0.1, 0.15) is 23.6 Å². The van der Waals surface area contributed by atoms with E-state index in [0.29, 0.717) is 5.02 Å². The van der Waals surface area contributed by atoms with Crippen LogP contribution >= 0.6 is 11.6 Å². The van der Waals surface area contributed by atoms with Crippen molar-refractivity contribution in [3.8, 4) is 11.5 Å². The van der Waals surface area contributed by atoms with Gasteiger partial charge in [0.15, 0.2) is 0 Å². The predicted molar refractivity (Wildman–Crippen MR) is 75.5 cm³/mol. The molecule has 3 rings (SSSR count). The van der Waals surface area contributed by atoms with Crippen LogP contribution in [0.4, 0.5) is 0 Å². The molecule has 1 heterocycles. The van der Waals surface area contributed by atoms with Crippen molar-refractivity contribution in [3.63, 3.8) is 0 Å². The standard InChI is InChI=1S/C16H13ClO/c1-3-11-4-6-15-13(8-11)10(2)14-9-12(17)5-7-16(14)18-15/h4-9H,2-3H2,1H3. The van der Waals surface area contributed by atoms with Gasteiger partial charge >= 0.3 is 0 Å². The maximum absolute atomic E-state index is 6.03. The van der Waals surface area contributed by atoms with Crippen molar-refractivity contribution in [2.24, 2.45) is 0 Å². The molecule has 0 N–H and O–H groups in total. The van der Waals surface area contributed by atoms with Gasteiger partial charge in [-0.3, -0.25) is 0 Å². The molecule has 1 nitrogen and oxygen atoms in total. The summed E-state index contributed by atoms with van der Waals surface area (Å²) in [6.45, 7) is 6.31. The molecule has 1 aliphatic heterocycles. The Balaban J connectivity index is 2.16. The molecule has 2 aromatic rings. The molecule has 0 atom stereocenters. The first-order chi connectivity index (χ1) is 8.69. The third kappa shape index (κ3) is 1.72. The lowest BCUT2D eigenvalue weighted by molar-refractivity contribution is 0.474. The number of rotatable bonds is 1. The van der Waals surface area contributed by atoms with Gasteiger partial charge < -0.3 is 4.74 Å². The molecule has 18 heavy (non-hydrogen) atoms. The van der Waals surface area contributed by atoms with E-state index in [1.54, 1.807) is 0 Å². The molecule has 0 aromatic heterocycles. The van der Waals surface area contributed by atoms with E-state index in [0.717, 1.165) is 34.6 Å². The van der Waals surface area contributed by atoms with Crippen LogP contribution < -0.4 is 4.74 Å². The Hall–Kier alpha value is -1.73. The Kier molecular flexibility index (Phi) is 2.64. The lowest BCUT2D eigenvalue weighted by Gasteiger charge is -2.22. The molecular weight excluding hydrogens is 244 g/mol. The van der Waals surface area contributed by atoms with E-state index in [1.165, 1.54) is 5.56 Å². The monoisotopic (exact) mass is 256 g/mol. The minimum absolute atomic E-state index is 0.702. The average Bonchev–Trinajstić information content (AvgIpc) is 2.40. The molecule has 0 unspecified atom stereocenters. The van der Waals surface area contributed by atoms with Crippen LogP contribution in [0.5, 0.6) is 11.5 Å². The highest BCUT2D eigenvalue weighted by Crippen LogP contribution is 2.43. The molecule has 0 spiro atoms. The smallest absolute Gasteiger partial charge is 0.135 e. The maximum atomic E-state index is 6.03. The van der Waals surface area contributed by atoms with Gasteiger partial charge in [-0.05, 0) is 47.9 Å². The zero-order valence-corrected chi connectivity index (χ0v) is 10.9. The van der Waals surface area contributed by atoms with E-state index in [-0.39, 0.29) is 0 Å². The van der Waals surface area contributed by atoms with E-state index >= 15 is 0 Å². The highest BCUT2D eigenvalue weighted by atomic mass is 35.5. The van der Waals surface area contributed by atoms with Crippen LogP contribution in [-0.2, 0) is 6.42 Å². The molecule has 0 saturated heterocycles. The molecule has 0 radical (unpaired) electrons. The van der Waals surface area contributed by atoms with Gasteiger partial charge in [0, 0.05) is 16.1 Å². The van der Waals surface area contributed by atoms with Crippen molar-refractivity contribution in [3.05, 3.63) is 64.7 Å². The summed E-state index contributed by atoms with van der Waals surface area (Å²) < 4.78 is 5.88. The van der Waals surface area contributed by atoms with Crippen molar-refractivity contribution < 1.29 is 4.74 Å². The molecule has 0 amide bonds. The summed E-state index contributed by atoms with van der Waals surface area (Å²) in [5.74, 6) is 1.69. The van der Waals surface area contributed by atoms with Gasteiger partial charge in [0.25, 0.3) is 0 Å².